The van der Waals surface area contributed by atoms with Crippen molar-refractivity contribution in [2.24, 2.45) is 0 Å². The standard InChI is InChI=1S/C16H18FN3O2/c17-14-4-1-3-12(7-14)9-19-10-13(8-18)16(21)20-11-15-5-2-6-22-15/h1,3-4,7,10,15,19H,2,5-6,9,11H2,(H,20,21)/b13-10-. The average molecular weight is 303 g/mol. The third-order valence-electron chi connectivity index (χ3n) is 3.32. The highest BCUT2D eigenvalue weighted by Crippen LogP contribution is 2.10. The fourth-order valence-corrected chi connectivity index (χ4v) is 2.17. The van der Waals surface area contributed by atoms with Crippen LogP contribution in [0.25, 0.3) is 0 Å². The van der Waals surface area contributed by atoms with Gasteiger partial charge in [0.25, 0.3) is 5.91 Å². The Morgan fingerprint density at radius 1 is 1.55 bits per heavy atom. The Labute approximate surface area is 128 Å². The van der Waals surface area contributed by atoms with Gasteiger partial charge in [-0.3, -0.25) is 4.79 Å². The normalized spacial score (nSPS) is 17.8. The van der Waals surface area contributed by atoms with Gasteiger partial charge < -0.3 is 15.4 Å². The maximum absolute atomic E-state index is 13.0. The molecule has 0 saturated carbocycles. The van der Waals surface area contributed by atoms with Crippen LogP contribution in [0.5, 0.6) is 0 Å². The fraction of sp³-hybridized carbons (Fsp3) is 0.375. The molecule has 1 aromatic rings. The first-order valence-electron chi connectivity index (χ1n) is 7.17. The lowest BCUT2D eigenvalue weighted by Gasteiger charge is -2.10. The lowest BCUT2D eigenvalue weighted by molar-refractivity contribution is -0.117. The van der Waals surface area contributed by atoms with E-state index in [4.69, 9.17) is 10.00 Å². The number of nitrogens with one attached hydrogen (secondary N) is 2. The van der Waals surface area contributed by atoms with Crippen molar-refractivity contribution in [1.82, 2.24) is 10.6 Å². The second kappa shape index (κ2) is 8.15. The summed E-state index contributed by atoms with van der Waals surface area (Å²) in [5, 5.41) is 14.5. The first-order valence-corrected chi connectivity index (χ1v) is 7.17. The zero-order chi connectivity index (χ0) is 15.8. The first kappa shape index (κ1) is 16.0. The molecule has 0 aliphatic carbocycles. The quantitative estimate of drug-likeness (QED) is 0.618. The van der Waals surface area contributed by atoms with Crippen LogP contribution in [-0.4, -0.2) is 25.2 Å². The number of nitrogens with zero attached hydrogens (tertiary/aromatic N) is 1. The van der Waals surface area contributed by atoms with Crippen molar-refractivity contribution in [2.75, 3.05) is 13.2 Å². The van der Waals surface area contributed by atoms with E-state index in [1.54, 1.807) is 12.1 Å². The molecule has 2 N–H and O–H groups in total. The average Bonchev–Trinajstić information content (AvgIpc) is 3.03. The Hall–Kier alpha value is -2.39. The number of hydrogen-bond acceptors (Lipinski definition) is 4. The summed E-state index contributed by atoms with van der Waals surface area (Å²) in [4.78, 5) is 11.9. The van der Waals surface area contributed by atoms with Crippen LogP contribution >= 0.6 is 0 Å². The number of carbonyl (C=O) groups is 1. The van der Waals surface area contributed by atoms with E-state index in [1.165, 1.54) is 18.3 Å². The Morgan fingerprint density at radius 2 is 2.41 bits per heavy atom. The molecule has 116 valence electrons. The van der Waals surface area contributed by atoms with Crippen LogP contribution in [-0.2, 0) is 16.1 Å². The van der Waals surface area contributed by atoms with E-state index in [0.29, 0.717) is 13.1 Å². The molecule has 1 atom stereocenters. The van der Waals surface area contributed by atoms with Gasteiger partial charge in [0, 0.05) is 25.9 Å². The molecule has 5 nitrogen and oxygen atoms in total. The molecule has 0 aromatic heterocycles. The molecule has 0 spiro atoms. The highest BCUT2D eigenvalue weighted by molar-refractivity contribution is 5.97. The summed E-state index contributed by atoms with van der Waals surface area (Å²) in [6.45, 7) is 1.46. The molecule has 1 aliphatic rings. The second-order valence-corrected chi connectivity index (χ2v) is 5.03. The van der Waals surface area contributed by atoms with Crippen LogP contribution in [0.1, 0.15) is 18.4 Å². The Kier molecular flexibility index (Phi) is 5.92. The summed E-state index contributed by atoms with van der Waals surface area (Å²) >= 11 is 0. The van der Waals surface area contributed by atoms with Gasteiger partial charge in [-0.15, -0.1) is 0 Å². The molecule has 1 amide bonds. The molecule has 6 heteroatoms. The third kappa shape index (κ3) is 4.86. The van der Waals surface area contributed by atoms with Crippen molar-refractivity contribution in [3.8, 4) is 6.07 Å². The summed E-state index contributed by atoms with van der Waals surface area (Å²) < 4.78 is 18.4. The lowest BCUT2D eigenvalue weighted by Crippen LogP contribution is -2.32. The number of amides is 1. The number of benzene rings is 1. The van der Waals surface area contributed by atoms with Gasteiger partial charge in [0.2, 0.25) is 0 Å². The van der Waals surface area contributed by atoms with E-state index in [1.807, 2.05) is 6.07 Å². The highest BCUT2D eigenvalue weighted by atomic mass is 19.1. The first-order chi connectivity index (χ1) is 10.7. The van der Waals surface area contributed by atoms with Gasteiger partial charge in [-0.05, 0) is 30.5 Å². The van der Waals surface area contributed by atoms with Crippen molar-refractivity contribution in [1.29, 1.82) is 5.26 Å². The fourth-order valence-electron chi connectivity index (χ4n) is 2.17. The van der Waals surface area contributed by atoms with Crippen LogP contribution in [0, 0.1) is 17.1 Å². The minimum absolute atomic E-state index is 0.0191. The number of rotatable bonds is 6. The van der Waals surface area contributed by atoms with Gasteiger partial charge in [0.15, 0.2) is 0 Å². The monoisotopic (exact) mass is 303 g/mol. The van der Waals surface area contributed by atoms with Crippen LogP contribution < -0.4 is 10.6 Å². The van der Waals surface area contributed by atoms with Crippen molar-refractivity contribution in [3.63, 3.8) is 0 Å². The molecule has 1 aliphatic heterocycles. The molecule has 1 aromatic carbocycles. The smallest absolute Gasteiger partial charge is 0.263 e. The number of ether oxygens (including phenoxy) is 1. The molecule has 1 saturated heterocycles. The Bertz CT molecular complexity index is 589. The van der Waals surface area contributed by atoms with Gasteiger partial charge in [-0.2, -0.15) is 5.26 Å². The molecule has 1 unspecified atom stereocenters. The maximum atomic E-state index is 13.0. The van der Waals surface area contributed by atoms with E-state index in [0.717, 1.165) is 25.0 Å². The van der Waals surface area contributed by atoms with E-state index < -0.39 is 5.91 Å². The van der Waals surface area contributed by atoms with E-state index in [2.05, 4.69) is 10.6 Å². The minimum atomic E-state index is -0.440. The number of halogens is 1. The molecular formula is C16H18FN3O2. The Balaban J connectivity index is 1.81. The zero-order valence-corrected chi connectivity index (χ0v) is 12.1. The van der Waals surface area contributed by atoms with Crippen LogP contribution in [0.2, 0.25) is 0 Å². The lowest BCUT2D eigenvalue weighted by atomic mass is 10.2. The summed E-state index contributed by atoms with van der Waals surface area (Å²) in [7, 11) is 0. The summed E-state index contributed by atoms with van der Waals surface area (Å²) in [5.74, 6) is -0.761. The zero-order valence-electron chi connectivity index (χ0n) is 12.1. The number of hydrogen-bond donors (Lipinski definition) is 2. The summed E-state index contributed by atoms with van der Waals surface area (Å²) in [5.41, 5.74) is 0.711. The van der Waals surface area contributed by atoms with Gasteiger partial charge in [0.05, 0.1) is 6.10 Å². The SMILES string of the molecule is N#C/C(=C/NCc1cccc(F)c1)C(=O)NCC1CCCO1. The number of nitriles is 1. The summed E-state index contributed by atoms with van der Waals surface area (Å²) in [6, 6.07) is 7.96. The molecule has 22 heavy (non-hydrogen) atoms. The molecule has 0 radical (unpaired) electrons. The molecule has 1 heterocycles. The Morgan fingerprint density at radius 3 is 3.09 bits per heavy atom. The van der Waals surface area contributed by atoms with Crippen LogP contribution in [0.4, 0.5) is 4.39 Å². The van der Waals surface area contributed by atoms with Crippen molar-refractivity contribution >= 4 is 5.91 Å². The summed E-state index contributed by atoms with van der Waals surface area (Å²) in [6.07, 6.45) is 3.29. The van der Waals surface area contributed by atoms with Crippen LogP contribution in [0.3, 0.4) is 0 Å². The molecule has 1 fully saturated rings. The van der Waals surface area contributed by atoms with E-state index >= 15 is 0 Å². The van der Waals surface area contributed by atoms with E-state index in [9.17, 15) is 9.18 Å². The second-order valence-electron chi connectivity index (χ2n) is 5.03. The molecule has 0 bridgehead atoms. The topological polar surface area (TPSA) is 74.2 Å². The maximum Gasteiger partial charge on any atom is 0.263 e. The minimum Gasteiger partial charge on any atom is -0.386 e. The van der Waals surface area contributed by atoms with Gasteiger partial charge in [0.1, 0.15) is 17.5 Å². The third-order valence-corrected chi connectivity index (χ3v) is 3.32. The van der Waals surface area contributed by atoms with E-state index in [-0.39, 0.29) is 17.5 Å². The van der Waals surface area contributed by atoms with Crippen molar-refractivity contribution in [2.45, 2.75) is 25.5 Å². The number of carbonyl (C=O) groups excluding carboxylic acids is 1. The molecule has 2 rings (SSSR count). The van der Waals surface area contributed by atoms with Gasteiger partial charge in [-0.1, -0.05) is 12.1 Å². The van der Waals surface area contributed by atoms with Crippen molar-refractivity contribution < 1.29 is 13.9 Å². The molecular weight excluding hydrogens is 285 g/mol. The van der Waals surface area contributed by atoms with Gasteiger partial charge >= 0.3 is 0 Å². The largest absolute Gasteiger partial charge is 0.386 e. The van der Waals surface area contributed by atoms with Gasteiger partial charge in [-0.25, -0.2) is 4.39 Å². The van der Waals surface area contributed by atoms with Crippen LogP contribution in [0.15, 0.2) is 36.0 Å². The highest BCUT2D eigenvalue weighted by Gasteiger charge is 2.17. The van der Waals surface area contributed by atoms with Crippen molar-refractivity contribution in [3.05, 3.63) is 47.4 Å². The predicted octanol–water partition coefficient (Wildman–Crippen LogP) is 1.62. The predicted molar refractivity (Wildman–Crippen MR) is 78.9 cm³/mol.